The highest BCUT2D eigenvalue weighted by atomic mass is 35.5. The second-order valence-electron chi connectivity index (χ2n) is 3.56. The van der Waals surface area contributed by atoms with Crippen LogP contribution in [-0.2, 0) is 11.2 Å². The smallest absolute Gasteiger partial charge is 0.132 e. The Bertz CT molecular complexity index is 349. The SMILES string of the molecule is CC(=O)C(C)Cc1ccc(Cl)cc1P. The lowest BCUT2D eigenvalue weighted by Crippen LogP contribution is -2.13. The summed E-state index contributed by atoms with van der Waals surface area (Å²) in [5.41, 5.74) is 1.17. The number of benzene rings is 1. The predicted octanol–water partition coefficient (Wildman–Crippen LogP) is 2.61. The van der Waals surface area contributed by atoms with Crippen molar-refractivity contribution < 1.29 is 4.79 Å². The Labute approximate surface area is 92.1 Å². The van der Waals surface area contributed by atoms with Crippen LogP contribution < -0.4 is 5.30 Å². The van der Waals surface area contributed by atoms with Gasteiger partial charge < -0.3 is 0 Å². The van der Waals surface area contributed by atoms with E-state index in [4.69, 9.17) is 11.6 Å². The van der Waals surface area contributed by atoms with Crippen molar-refractivity contribution in [1.82, 2.24) is 0 Å². The van der Waals surface area contributed by atoms with Gasteiger partial charge in [-0.2, -0.15) is 0 Å². The van der Waals surface area contributed by atoms with Crippen molar-refractivity contribution in [2.24, 2.45) is 5.92 Å². The highest BCUT2D eigenvalue weighted by Crippen LogP contribution is 2.14. The Kier molecular flexibility index (Phi) is 4.10. The lowest BCUT2D eigenvalue weighted by molar-refractivity contribution is -0.120. The molecule has 76 valence electrons. The van der Waals surface area contributed by atoms with Crippen molar-refractivity contribution in [2.45, 2.75) is 20.3 Å². The van der Waals surface area contributed by atoms with Crippen LogP contribution in [0.2, 0.25) is 5.02 Å². The van der Waals surface area contributed by atoms with E-state index in [0.717, 1.165) is 16.7 Å². The summed E-state index contributed by atoms with van der Waals surface area (Å²) in [6, 6.07) is 5.73. The molecule has 0 aromatic heterocycles. The van der Waals surface area contributed by atoms with Gasteiger partial charge in [-0.1, -0.05) is 24.6 Å². The molecule has 0 heterocycles. The van der Waals surface area contributed by atoms with E-state index in [9.17, 15) is 4.79 Å². The number of rotatable bonds is 3. The van der Waals surface area contributed by atoms with Gasteiger partial charge in [0.15, 0.2) is 0 Å². The van der Waals surface area contributed by atoms with E-state index in [1.165, 1.54) is 5.56 Å². The van der Waals surface area contributed by atoms with Gasteiger partial charge >= 0.3 is 0 Å². The Hall–Kier alpha value is -0.390. The average Bonchev–Trinajstić information content (AvgIpc) is 2.09. The molecule has 14 heavy (non-hydrogen) atoms. The van der Waals surface area contributed by atoms with Crippen LogP contribution in [0.15, 0.2) is 18.2 Å². The van der Waals surface area contributed by atoms with Crippen molar-refractivity contribution in [3.05, 3.63) is 28.8 Å². The first-order chi connectivity index (χ1) is 6.50. The van der Waals surface area contributed by atoms with Gasteiger partial charge in [0, 0.05) is 10.9 Å². The molecule has 0 bridgehead atoms. The van der Waals surface area contributed by atoms with Gasteiger partial charge in [-0.05, 0) is 36.3 Å². The quantitative estimate of drug-likeness (QED) is 0.727. The average molecular weight is 229 g/mol. The molecule has 0 N–H and O–H groups in total. The maximum Gasteiger partial charge on any atom is 0.132 e. The number of hydrogen-bond acceptors (Lipinski definition) is 1. The summed E-state index contributed by atoms with van der Waals surface area (Å²) in [6.45, 7) is 3.57. The third-order valence-electron chi connectivity index (χ3n) is 2.33. The van der Waals surface area contributed by atoms with Crippen LogP contribution in [0.4, 0.5) is 0 Å². The third kappa shape index (κ3) is 3.08. The molecule has 0 saturated heterocycles. The minimum absolute atomic E-state index is 0.0791. The molecule has 1 aromatic carbocycles. The minimum Gasteiger partial charge on any atom is -0.300 e. The molecule has 0 aliphatic heterocycles. The zero-order valence-electron chi connectivity index (χ0n) is 8.38. The monoisotopic (exact) mass is 228 g/mol. The molecule has 0 radical (unpaired) electrons. The van der Waals surface area contributed by atoms with Gasteiger partial charge in [-0.3, -0.25) is 4.79 Å². The molecule has 1 aromatic rings. The second kappa shape index (κ2) is 4.91. The summed E-state index contributed by atoms with van der Waals surface area (Å²) >= 11 is 5.84. The highest BCUT2D eigenvalue weighted by molar-refractivity contribution is 7.27. The molecule has 0 spiro atoms. The summed E-state index contributed by atoms with van der Waals surface area (Å²) in [7, 11) is 2.65. The Morgan fingerprint density at radius 1 is 1.57 bits per heavy atom. The van der Waals surface area contributed by atoms with E-state index in [2.05, 4.69) is 9.24 Å². The van der Waals surface area contributed by atoms with Crippen LogP contribution in [0.1, 0.15) is 19.4 Å². The van der Waals surface area contributed by atoms with Gasteiger partial charge in [0.2, 0.25) is 0 Å². The van der Waals surface area contributed by atoms with Gasteiger partial charge in [0.1, 0.15) is 5.78 Å². The number of carbonyl (C=O) groups excluding carboxylic acids is 1. The Morgan fingerprint density at radius 3 is 2.71 bits per heavy atom. The van der Waals surface area contributed by atoms with Crippen molar-refractivity contribution in [3.63, 3.8) is 0 Å². The van der Waals surface area contributed by atoms with E-state index in [-0.39, 0.29) is 11.7 Å². The van der Waals surface area contributed by atoms with Crippen LogP contribution >= 0.6 is 20.8 Å². The predicted molar refractivity (Wildman–Crippen MR) is 64.3 cm³/mol. The van der Waals surface area contributed by atoms with Gasteiger partial charge in [0.05, 0.1) is 0 Å². The van der Waals surface area contributed by atoms with Crippen molar-refractivity contribution in [1.29, 1.82) is 0 Å². The first-order valence-electron chi connectivity index (χ1n) is 4.55. The topological polar surface area (TPSA) is 17.1 Å². The molecule has 0 saturated carbocycles. The van der Waals surface area contributed by atoms with E-state index in [1.54, 1.807) is 6.92 Å². The second-order valence-corrected chi connectivity index (χ2v) is 4.62. The molecule has 0 amide bonds. The zero-order valence-corrected chi connectivity index (χ0v) is 10.3. The normalized spacial score (nSPS) is 12.6. The fraction of sp³-hybridized carbons (Fsp3) is 0.364. The van der Waals surface area contributed by atoms with Crippen molar-refractivity contribution in [3.8, 4) is 0 Å². The zero-order chi connectivity index (χ0) is 10.7. The molecule has 2 atom stereocenters. The lowest BCUT2D eigenvalue weighted by Gasteiger charge is -2.10. The summed E-state index contributed by atoms with van der Waals surface area (Å²) in [5, 5.41) is 1.81. The molecule has 1 nitrogen and oxygen atoms in total. The molecule has 0 aliphatic carbocycles. The first-order valence-corrected chi connectivity index (χ1v) is 5.50. The van der Waals surface area contributed by atoms with E-state index in [1.807, 2.05) is 25.1 Å². The van der Waals surface area contributed by atoms with E-state index >= 15 is 0 Å². The van der Waals surface area contributed by atoms with Crippen molar-refractivity contribution in [2.75, 3.05) is 0 Å². The molecule has 1 rings (SSSR count). The molecule has 3 heteroatoms. The fourth-order valence-electron chi connectivity index (χ4n) is 1.23. The largest absolute Gasteiger partial charge is 0.300 e. The molecule has 0 aliphatic rings. The summed E-state index contributed by atoms with van der Waals surface area (Å²) in [6.07, 6.45) is 0.783. The maximum atomic E-state index is 11.1. The standard InChI is InChI=1S/C11H14ClOP/c1-7(8(2)13)5-9-3-4-10(12)6-11(9)14/h3-4,6-7H,5,14H2,1-2H3. The summed E-state index contributed by atoms with van der Waals surface area (Å²) in [5.74, 6) is 0.305. The Balaban J connectivity index is 2.82. The van der Waals surface area contributed by atoms with Gasteiger partial charge in [0.25, 0.3) is 0 Å². The van der Waals surface area contributed by atoms with E-state index in [0.29, 0.717) is 0 Å². The molecular formula is C11H14ClOP. The minimum atomic E-state index is 0.0791. The maximum absolute atomic E-state index is 11.1. The van der Waals surface area contributed by atoms with E-state index < -0.39 is 0 Å². The molecule has 2 unspecified atom stereocenters. The van der Waals surface area contributed by atoms with Gasteiger partial charge in [-0.25, -0.2) is 0 Å². The third-order valence-corrected chi connectivity index (χ3v) is 3.10. The molecular weight excluding hydrogens is 215 g/mol. The van der Waals surface area contributed by atoms with Crippen LogP contribution in [0.3, 0.4) is 0 Å². The number of Topliss-reactive ketones (excluding diaryl/α,β-unsaturated/α-hetero) is 1. The van der Waals surface area contributed by atoms with Gasteiger partial charge in [-0.15, -0.1) is 9.24 Å². The number of hydrogen-bond donors (Lipinski definition) is 0. The number of carbonyl (C=O) groups is 1. The van der Waals surface area contributed by atoms with Crippen LogP contribution in [0.25, 0.3) is 0 Å². The fourth-order valence-corrected chi connectivity index (χ4v) is 1.91. The van der Waals surface area contributed by atoms with Crippen LogP contribution in [0.5, 0.6) is 0 Å². The number of ketones is 1. The molecule has 0 fully saturated rings. The van der Waals surface area contributed by atoms with Crippen LogP contribution in [-0.4, -0.2) is 5.78 Å². The lowest BCUT2D eigenvalue weighted by atomic mass is 9.98. The number of halogens is 1. The van der Waals surface area contributed by atoms with Crippen LogP contribution in [0, 0.1) is 5.92 Å². The Morgan fingerprint density at radius 2 is 2.21 bits per heavy atom. The summed E-state index contributed by atoms with van der Waals surface area (Å²) < 4.78 is 0. The highest BCUT2D eigenvalue weighted by Gasteiger charge is 2.10. The first kappa shape index (κ1) is 11.7. The summed E-state index contributed by atoms with van der Waals surface area (Å²) in [4.78, 5) is 11.1. The van der Waals surface area contributed by atoms with Crippen molar-refractivity contribution >= 4 is 31.9 Å².